The number of hydrogen-bond acceptors (Lipinski definition) is 4. The zero-order valence-corrected chi connectivity index (χ0v) is 19.4. The Morgan fingerprint density at radius 3 is 2.21 bits per heavy atom. The smallest absolute Gasteiger partial charge is 0.339 e. The van der Waals surface area contributed by atoms with Crippen LogP contribution in [0.25, 0.3) is 22.2 Å². The fourth-order valence-electron chi connectivity index (χ4n) is 3.80. The largest absolute Gasteiger partial charge is 0.451 e. The van der Waals surface area contributed by atoms with Crippen molar-refractivity contribution in [3.05, 3.63) is 101 Å². The Bertz CT molecular complexity index is 1320. The summed E-state index contributed by atoms with van der Waals surface area (Å²) in [6.45, 7) is 7.65. The molecule has 0 bridgehead atoms. The van der Waals surface area contributed by atoms with Crippen molar-refractivity contribution < 1.29 is 14.3 Å². The number of aromatic nitrogens is 1. The van der Waals surface area contributed by atoms with Crippen molar-refractivity contribution in [3.8, 4) is 11.3 Å². The number of benzene rings is 3. The van der Waals surface area contributed by atoms with E-state index < -0.39 is 12.1 Å². The summed E-state index contributed by atoms with van der Waals surface area (Å²) in [4.78, 5) is 30.8. The molecule has 3 aromatic carbocycles. The van der Waals surface area contributed by atoms with Gasteiger partial charge in [-0.15, -0.1) is 0 Å². The number of ether oxygens (including phenoxy) is 1. The van der Waals surface area contributed by atoms with E-state index in [1.165, 1.54) is 5.56 Å². The van der Waals surface area contributed by atoms with Crippen molar-refractivity contribution in [2.75, 3.05) is 0 Å². The van der Waals surface area contributed by atoms with Crippen molar-refractivity contribution >= 4 is 22.7 Å². The zero-order valence-electron chi connectivity index (χ0n) is 19.4. The lowest BCUT2D eigenvalue weighted by Gasteiger charge is -2.15. The summed E-state index contributed by atoms with van der Waals surface area (Å²) in [6.07, 6.45) is 0.0513. The molecular weight excluding hydrogens is 410 g/mol. The standard InChI is InChI=1S/C29H27NO3/c1-5-21-9-13-22(14-10-21)27-17-25(24-16-19(3)8-15-26(24)30-27)29(32)33-20(4)28(31)23-11-6-18(2)7-12-23/h6-17,20H,5H2,1-4H3. The minimum atomic E-state index is -0.902. The number of ketones is 1. The number of pyridine rings is 1. The molecule has 166 valence electrons. The Hall–Kier alpha value is -3.79. The van der Waals surface area contributed by atoms with Crippen molar-refractivity contribution in [1.29, 1.82) is 0 Å². The van der Waals surface area contributed by atoms with Crippen LogP contribution in [-0.4, -0.2) is 22.8 Å². The molecule has 0 saturated carbocycles. The molecule has 1 unspecified atom stereocenters. The van der Waals surface area contributed by atoms with E-state index in [1.807, 2.05) is 56.3 Å². The van der Waals surface area contributed by atoms with Crippen molar-refractivity contribution in [3.63, 3.8) is 0 Å². The molecule has 1 heterocycles. The third kappa shape index (κ3) is 4.85. The van der Waals surface area contributed by atoms with Gasteiger partial charge in [0.25, 0.3) is 0 Å². The average Bonchev–Trinajstić information content (AvgIpc) is 2.83. The van der Waals surface area contributed by atoms with Crippen LogP contribution in [0.3, 0.4) is 0 Å². The molecule has 0 spiro atoms. The maximum atomic E-state index is 13.3. The molecule has 0 saturated heterocycles. The molecule has 0 N–H and O–H groups in total. The Morgan fingerprint density at radius 2 is 1.55 bits per heavy atom. The number of esters is 1. The summed E-state index contributed by atoms with van der Waals surface area (Å²) in [5, 5.41) is 0.712. The van der Waals surface area contributed by atoms with E-state index in [1.54, 1.807) is 25.1 Å². The molecular formula is C29H27NO3. The summed E-state index contributed by atoms with van der Waals surface area (Å²) in [5.74, 6) is -0.763. The number of aryl methyl sites for hydroxylation is 3. The quantitative estimate of drug-likeness (QED) is 0.255. The lowest BCUT2D eigenvalue weighted by atomic mass is 10.0. The van der Waals surface area contributed by atoms with Gasteiger partial charge in [0, 0.05) is 16.5 Å². The molecule has 33 heavy (non-hydrogen) atoms. The van der Waals surface area contributed by atoms with Crippen LogP contribution < -0.4 is 0 Å². The van der Waals surface area contributed by atoms with Crippen LogP contribution in [0, 0.1) is 13.8 Å². The topological polar surface area (TPSA) is 56.3 Å². The number of carbonyl (C=O) groups is 2. The second-order valence-corrected chi connectivity index (χ2v) is 8.40. The van der Waals surface area contributed by atoms with Crippen LogP contribution >= 0.6 is 0 Å². The van der Waals surface area contributed by atoms with Gasteiger partial charge >= 0.3 is 5.97 Å². The van der Waals surface area contributed by atoms with E-state index >= 15 is 0 Å². The Balaban J connectivity index is 1.69. The summed E-state index contributed by atoms with van der Waals surface area (Å²) in [7, 11) is 0. The van der Waals surface area contributed by atoms with Crippen LogP contribution in [-0.2, 0) is 11.2 Å². The summed E-state index contributed by atoms with van der Waals surface area (Å²) in [6, 6.07) is 23.0. The molecule has 0 aliphatic carbocycles. The monoisotopic (exact) mass is 437 g/mol. The first-order chi connectivity index (χ1) is 15.9. The summed E-state index contributed by atoms with van der Waals surface area (Å²) >= 11 is 0. The highest BCUT2D eigenvalue weighted by Crippen LogP contribution is 2.27. The molecule has 0 aliphatic heterocycles. The van der Waals surface area contributed by atoms with Crippen molar-refractivity contribution in [2.24, 2.45) is 0 Å². The predicted octanol–water partition coefficient (Wildman–Crippen LogP) is 6.51. The van der Waals surface area contributed by atoms with Gasteiger partial charge < -0.3 is 4.74 Å². The number of fused-ring (bicyclic) bond motifs is 1. The summed E-state index contributed by atoms with van der Waals surface area (Å²) in [5.41, 5.74) is 6.57. The van der Waals surface area contributed by atoms with Crippen LogP contribution in [0.4, 0.5) is 0 Å². The molecule has 4 rings (SSSR count). The third-order valence-corrected chi connectivity index (χ3v) is 5.83. The van der Waals surface area contributed by atoms with Gasteiger partial charge in [-0.2, -0.15) is 0 Å². The molecule has 0 fully saturated rings. The van der Waals surface area contributed by atoms with E-state index in [4.69, 9.17) is 9.72 Å². The van der Waals surface area contributed by atoms with Gasteiger partial charge in [-0.1, -0.05) is 72.6 Å². The van der Waals surface area contributed by atoms with E-state index in [2.05, 4.69) is 19.1 Å². The highest BCUT2D eigenvalue weighted by Gasteiger charge is 2.23. The minimum Gasteiger partial charge on any atom is -0.451 e. The molecule has 4 nitrogen and oxygen atoms in total. The van der Waals surface area contributed by atoms with E-state index in [9.17, 15) is 9.59 Å². The molecule has 0 radical (unpaired) electrons. The van der Waals surface area contributed by atoms with Gasteiger partial charge in [0.05, 0.1) is 16.8 Å². The normalized spacial score (nSPS) is 11.9. The number of hydrogen-bond donors (Lipinski definition) is 0. The fourth-order valence-corrected chi connectivity index (χ4v) is 3.80. The molecule has 0 amide bonds. The first-order valence-electron chi connectivity index (χ1n) is 11.2. The van der Waals surface area contributed by atoms with Crippen molar-refractivity contribution in [1.82, 2.24) is 4.98 Å². The number of Topliss-reactive ketones (excluding diaryl/α,β-unsaturated/α-hetero) is 1. The third-order valence-electron chi connectivity index (χ3n) is 5.83. The van der Waals surface area contributed by atoms with Gasteiger partial charge in [-0.3, -0.25) is 4.79 Å². The van der Waals surface area contributed by atoms with E-state index in [-0.39, 0.29) is 5.78 Å². The molecule has 0 aliphatic rings. The predicted molar refractivity (Wildman–Crippen MR) is 132 cm³/mol. The first kappa shape index (κ1) is 22.4. The van der Waals surface area contributed by atoms with Crippen molar-refractivity contribution in [2.45, 2.75) is 40.2 Å². The van der Waals surface area contributed by atoms with Gasteiger partial charge in [-0.05, 0) is 51.0 Å². The van der Waals surface area contributed by atoms with E-state index in [0.29, 0.717) is 27.7 Å². The number of nitrogens with zero attached hydrogens (tertiary/aromatic N) is 1. The van der Waals surface area contributed by atoms with Gasteiger partial charge in [0.15, 0.2) is 6.10 Å². The second kappa shape index (κ2) is 9.37. The van der Waals surface area contributed by atoms with Crippen LogP contribution in [0.15, 0.2) is 72.8 Å². The number of rotatable bonds is 6. The Kier molecular flexibility index (Phi) is 6.36. The molecule has 1 aromatic heterocycles. The highest BCUT2D eigenvalue weighted by molar-refractivity contribution is 6.07. The highest BCUT2D eigenvalue weighted by atomic mass is 16.5. The average molecular weight is 438 g/mol. The number of carbonyl (C=O) groups excluding carboxylic acids is 2. The Morgan fingerprint density at radius 1 is 0.879 bits per heavy atom. The second-order valence-electron chi connectivity index (χ2n) is 8.40. The zero-order chi connectivity index (χ0) is 23.5. The molecule has 1 atom stereocenters. The lowest BCUT2D eigenvalue weighted by Crippen LogP contribution is -2.24. The van der Waals surface area contributed by atoms with Gasteiger partial charge in [0.1, 0.15) is 0 Å². The van der Waals surface area contributed by atoms with Crippen LogP contribution in [0.1, 0.15) is 51.3 Å². The van der Waals surface area contributed by atoms with Gasteiger partial charge in [-0.25, -0.2) is 9.78 Å². The summed E-state index contributed by atoms with van der Waals surface area (Å²) < 4.78 is 5.64. The fraction of sp³-hybridized carbons (Fsp3) is 0.207. The van der Waals surface area contributed by atoms with Crippen LogP contribution in [0.2, 0.25) is 0 Å². The maximum Gasteiger partial charge on any atom is 0.339 e. The van der Waals surface area contributed by atoms with Gasteiger partial charge in [0.2, 0.25) is 5.78 Å². The van der Waals surface area contributed by atoms with E-state index in [0.717, 1.165) is 23.1 Å². The minimum absolute atomic E-state index is 0.228. The lowest BCUT2D eigenvalue weighted by molar-refractivity contribution is 0.0320. The maximum absolute atomic E-state index is 13.3. The molecule has 4 heteroatoms. The van der Waals surface area contributed by atoms with Crippen LogP contribution in [0.5, 0.6) is 0 Å². The molecule has 4 aromatic rings. The Labute approximate surface area is 194 Å². The first-order valence-corrected chi connectivity index (χ1v) is 11.2. The SMILES string of the molecule is CCc1ccc(-c2cc(C(=O)OC(C)C(=O)c3ccc(C)cc3)c3cc(C)ccc3n2)cc1.